The summed E-state index contributed by atoms with van der Waals surface area (Å²) in [7, 11) is 0. The van der Waals surface area contributed by atoms with Gasteiger partial charge in [0.05, 0.1) is 0 Å². The minimum absolute atomic E-state index is 0.896. The average molecular weight is 159 g/mol. The highest BCUT2D eigenvalue weighted by Crippen LogP contribution is 2.20. The van der Waals surface area contributed by atoms with Gasteiger partial charge in [-0.2, -0.15) is 0 Å². The van der Waals surface area contributed by atoms with Crippen LogP contribution in [0, 0.1) is 6.92 Å². The third-order valence-corrected chi connectivity index (χ3v) is 1.85. The van der Waals surface area contributed by atoms with Crippen LogP contribution in [0.5, 0.6) is 0 Å². The molecule has 1 aromatic heterocycles. The SMILES string of the molecule is Cc1ccccc1-c1cocn1. The minimum Gasteiger partial charge on any atom is -0.451 e. The molecule has 0 N–H and O–H groups in total. The van der Waals surface area contributed by atoms with E-state index in [4.69, 9.17) is 4.42 Å². The number of oxazole rings is 1. The van der Waals surface area contributed by atoms with Crippen LogP contribution in [0.2, 0.25) is 0 Å². The van der Waals surface area contributed by atoms with Crippen molar-refractivity contribution >= 4 is 0 Å². The Morgan fingerprint density at radius 3 is 2.75 bits per heavy atom. The van der Waals surface area contributed by atoms with Gasteiger partial charge in [0, 0.05) is 5.56 Å². The summed E-state index contributed by atoms with van der Waals surface area (Å²) in [6, 6.07) is 8.10. The molecule has 0 aliphatic rings. The van der Waals surface area contributed by atoms with Crippen molar-refractivity contribution < 1.29 is 4.42 Å². The van der Waals surface area contributed by atoms with Crippen LogP contribution in [0.3, 0.4) is 0 Å². The van der Waals surface area contributed by atoms with Gasteiger partial charge >= 0.3 is 0 Å². The van der Waals surface area contributed by atoms with E-state index in [0.717, 1.165) is 11.3 Å². The average Bonchev–Trinajstić information content (AvgIpc) is 2.57. The van der Waals surface area contributed by atoms with Gasteiger partial charge in [0.15, 0.2) is 6.39 Å². The van der Waals surface area contributed by atoms with Crippen LogP contribution < -0.4 is 0 Å². The van der Waals surface area contributed by atoms with Crippen LogP contribution in [0.4, 0.5) is 0 Å². The van der Waals surface area contributed by atoms with Gasteiger partial charge in [-0.1, -0.05) is 24.3 Å². The molecule has 1 heterocycles. The smallest absolute Gasteiger partial charge is 0.181 e. The third kappa shape index (κ3) is 1.11. The predicted molar refractivity (Wildman–Crippen MR) is 46.7 cm³/mol. The summed E-state index contributed by atoms with van der Waals surface area (Å²) in [4.78, 5) is 4.08. The maximum Gasteiger partial charge on any atom is 0.181 e. The molecule has 0 radical (unpaired) electrons. The van der Waals surface area contributed by atoms with Gasteiger partial charge in [0.2, 0.25) is 0 Å². The van der Waals surface area contributed by atoms with Crippen molar-refractivity contribution in [3.8, 4) is 11.3 Å². The summed E-state index contributed by atoms with van der Waals surface area (Å²) in [5.74, 6) is 0. The Bertz CT molecular complexity index is 365. The van der Waals surface area contributed by atoms with E-state index in [-0.39, 0.29) is 0 Å². The van der Waals surface area contributed by atoms with Gasteiger partial charge in [-0.05, 0) is 12.5 Å². The highest BCUT2D eigenvalue weighted by atomic mass is 16.3. The first kappa shape index (κ1) is 7.10. The molecule has 2 nitrogen and oxygen atoms in total. The van der Waals surface area contributed by atoms with Crippen molar-refractivity contribution in [1.82, 2.24) is 4.98 Å². The summed E-state index contributed by atoms with van der Waals surface area (Å²) in [6.45, 7) is 2.06. The molecule has 0 fully saturated rings. The summed E-state index contributed by atoms with van der Waals surface area (Å²) < 4.78 is 4.91. The Hall–Kier alpha value is -1.57. The van der Waals surface area contributed by atoms with Gasteiger partial charge in [0.1, 0.15) is 12.0 Å². The molecule has 1 aromatic carbocycles. The zero-order valence-corrected chi connectivity index (χ0v) is 6.82. The molecular weight excluding hydrogens is 150 g/mol. The fourth-order valence-electron chi connectivity index (χ4n) is 1.21. The quantitative estimate of drug-likeness (QED) is 0.639. The lowest BCUT2D eigenvalue weighted by molar-refractivity contribution is 0.558. The van der Waals surface area contributed by atoms with Crippen LogP contribution in [0.1, 0.15) is 5.56 Å². The second-order valence-electron chi connectivity index (χ2n) is 2.69. The van der Waals surface area contributed by atoms with E-state index < -0.39 is 0 Å². The fourth-order valence-corrected chi connectivity index (χ4v) is 1.21. The number of nitrogens with zero attached hydrogens (tertiary/aromatic N) is 1. The molecule has 0 spiro atoms. The lowest BCUT2D eigenvalue weighted by Gasteiger charge is -1.98. The maximum atomic E-state index is 4.91. The monoisotopic (exact) mass is 159 g/mol. The number of aryl methyl sites for hydroxylation is 1. The summed E-state index contributed by atoms with van der Waals surface area (Å²) in [6.07, 6.45) is 3.10. The molecule has 0 saturated heterocycles. The number of hydrogen-bond acceptors (Lipinski definition) is 2. The van der Waals surface area contributed by atoms with Crippen LogP contribution in [-0.4, -0.2) is 4.98 Å². The highest BCUT2D eigenvalue weighted by Gasteiger charge is 2.01. The molecule has 2 heteroatoms. The maximum absolute atomic E-state index is 4.91. The molecule has 0 unspecified atom stereocenters. The van der Waals surface area contributed by atoms with E-state index in [9.17, 15) is 0 Å². The van der Waals surface area contributed by atoms with Crippen molar-refractivity contribution in [2.45, 2.75) is 6.92 Å². The second-order valence-corrected chi connectivity index (χ2v) is 2.69. The van der Waals surface area contributed by atoms with Crippen molar-refractivity contribution in [3.63, 3.8) is 0 Å². The molecule has 12 heavy (non-hydrogen) atoms. The largest absolute Gasteiger partial charge is 0.451 e. The first-order valence-corrected chi connectivity index (χ1v) is 3.82. The van der Waals surface area contributed by atoms with Gasteiger partial charge in [0.25, 0.3) is 0 Å². The first-order valence-electron chi connectivity index (χ1n) is 3.82. The molecule has 2 aromatic rings. The molecular formula is C10H9NO. The molecule has 2 rings (SSSR count). The minimum atomic E-state index is 0.896. The van der Waals surface area contributed by atoms with Crippen LogP contribution in [0.15, 0.2) is 41.3 Å². The number of hydrogen-bond donors (Lipinski definition) is 0. The molecule has 0 aliphatic carbocycles. The zero-order chi connectivity index (χ0) is 8.39. The van der Waals surface area contributed by atoms with Gasteiger partial charge in [-0.15, -0.1) is 0 Å². The first-order chi connectivity index (χ1) is 5.88. The van der Waals surface area contributed by atoms with Gasteiger partial charge in [-0.3, -0.25) is 0 Å². The highest BCUT2D eigenvalue weighted by molar-refractivity contribution is 5.61. The van der Waals surface area contributed by atoms with Crippen LogP contribution in [0.25, 0.3) is 11.3 Å². The van der Waals surface area contributed by atoms with E-state index in [2.05, 4.69) is 18.0 Å². The summed E-state index contributed by atoms with van der Waals surface area (Å²) in [5.41, 5.74) is 3.24. The van der Waals surface area contributed by atoms with Crippen LogP contribution >= 0.6 is 0 Å². The fraction of sp³-hybridized carbons (Fsp3) is 0.100. The van der Waals surface area contributed by atoms with E-state index in [1.54, 1.807) is 6.26 Å². The second kappa shape index (κ2) is 2.81. The van der Waals surface area contributed by atoms with Crippen molar-refractivity contribution in [1.29, 1.82) is 0 Å². The predicted octanol–water partition coefficient (Wildman–Crippen LogP) is 2.65. The Morgan fingerprint density at radius 1 is 1.25 bits per heavy atom. The van der Waals surface area contributed by atoms with Gasteiger partial charge in [-0.25, -0.2) is 4.98 Å². The summed E-state index contributed by atoms with van der Waals surface area (Å²) in [5, 5.41) is 0. The molecule has 0 saturated carbocycles. The van der Waals surface area contributed by atoms with Gasteiger partial charge < -0.3 is 4.42 Å². The molecule has 60 valence electrons. The normalized spacial score (nSPS) is 10.1. The lowest BCUT2D eigenvalue weighted by Crippen LogP contribution is -1.80. The Kier molecular flexibility index (Phi) is 1.67. The zero-order valence-electron chi connectivity index (χ0n) is 6.82. The van der Waals surface area contributed by atoms with E-state index in [1.807, 2.05) is 18.2 Å². The van der Waals surface area contributed by atoms with E-state index >= 15 is 0 Å². The molecule has 0 aliphatic heterocycles. The topological polar surface area (TPSA) is 26.0 Å². The van der Waals surface area contributed by atoms with E-state index in [1.165, 1.54) is 12.0 Å². The van der Waals surface area contributed by atoms with Crippen molar-refractivity contribution in [2.75, 3.05) is 0 Å². The van der Waals surface area contributed by atoms with Crippen molar-refractivity contribution in [2.24, 2.45) is 0 Å². The molecule has 0 atom stereocenters. The van der Waals surface area contributed by atoms with E-state index in [0.29, 0.717) is 0 Å². The van der Waals surface area contributed by atoms with Crippen molar-refractivity contribution in [3.05, 3.63) is 42.5 Å². The Labute approximate surface area is 70.9 Å². The Balaban J connectivity index is 2.55. The summed E-state index contributed by atoms with van der Waals surface area (Å²) >= 11 is 0. The van der Waals surface area contributed by atoms with Crippen LogP contribution in [-0.2, 0) is 0 Å². The standard InChI is InChI=1S/C10H9NO/c1-8-4-2-3-5-9(8)10-6-12-7-11-10/h2-7H,1H3. The number of benzene rings is 1. The number of aromatic nitrogens is 1. The lowest BCUT2D eigenvalue weighted by atomic mass is 10.1. The molecule has 0 amide bonds. The molecule has 0 bridgehead atoms. The Morgan fingerprint density at radius 2 is 2.08 bits per heavy atom. The number of rotatable bonds is 1. The third-order valence-electron chi connectivity index (χ3n) is 1.85.